The SMILES string of the molecule is CCc1cccc(-c2nc3c(n2Cc2ccc(C(F)(F)F)cc2)C(N)N(CCC2CC2)C(C(=O)O)=N3)c1. The van der Waals surface area contributed by atoms with Crippen molar-refractivity contribution in [1.82, 2.24) is 14.5 Å². The summed E-state index contributed by atoms with van der Waals surface area (Å²) in [5.74, 6) is -0.00462. The topological polar surface area (TPSA) is 96.7 Å². The number of aliphatic carboxylic acids is 1. The van der Waals surface area contributed by atoms with E-state index in [1.165, 1.54) is 12.1 Å². The van der Waals surface area contributed by atoms with Crippen LogP contribution in [0.5, 0.6) is 0 Å². The summed E-state index contributed by atoms with van der Waals surface area (Å²) in [4.78, 5) is 22.8. The molecule has 2 aliphatic rings. The highest BCUT2D eigenvalue weighted by Gasteiger charge is 2.37. The second-order valence-corrected chi connectivity index (χ2v) is 9.59. The van der Waals surface area contributed by atoms with Crippen LogP contribution in [0.25, 0.3) is 11.4 Å². The number of hydrogen-bond acceptors (Lipinski definition) is 5. The molecule has 1 aromatic heterocycles. The highest BCUT2D eigenvalue weighted by Crippen LogP contribution is 2.39. The molecule has 2 heterocycles. The van der Waals surface area contributed by atoms with Gasteiger partial charge in [-0.15, -0.1) is 0 Å². The van der Waals surface area contributed by atoms with E-state index in [1.807, 2.05) is 35.8 Å². The van der Waals surface area contributed by atoms with E-state index >= 15 is 0 Å². The molecule has 1 aliphatic heterocycles. The summed E-state index contributed by atoms with van der Waals surface area (Å²) in [6, 6.07) is 12.8. The van der Waals surface area contributed by atoms with E-state index in [0.29, 0.717) is 29.5 Å². The molecule has 7 nitrogen and oxygen atoms in total. The molecule has 1 atom stereocenters. The quantitative estimate of drug-likeness (QED) is 0.424. The summed E-state index contributed by atoms with van der Waals surface area (Å²) in [7, 11) is 0. The van der Waals surface area contributed by atoms with Gasteiger partial charge in [0.25, 0.3) is 0 Å². The van der Waals surface area contributed by atoms with Gasteiger partial charge in [0.1, 0.15) is 17.7 Å². The van der Waals surface area contributed by atoms with Gasteiger partial charge in [-0.25, -0.2) is 14.8 Å². The van der Waals surface area contributed by atoms with Gasteiger partial charge in [0.15, 0.2) is 5.82 Å². The summed E-state index contributed by atoms with van der Waals surface area (Å²) >= 11 is 0. The molecule has 0 radical (unpaired) electrons. The molecule has 0 bridgehead atoms. The van der Waals surface area contributed by atoms with E-state index < -0.39 is 23.9 Å². The van der Waals surface area contributed by atoms with Gasteiger partial charge < -0.3 is 20.3 Å². The Balaban J connectivity index is 1.61. The van der Waals surface area contributed by atoms with Crippen molar-refractivity contribution >= 4 is 17.6 Å². The van der Waals surface area contributed by atoms with Crippen molar-refractivity contribution in [3.05, 3.63) is 70.9 Å². The van der Waals surface area contributed by atoms with Crippen LogP contribution in [0, 0.1) is 5.92 Å². The number of rotatable bonds is 8. The van der Waals surface area contributed by atoms with Crippen molar-refractivity contribution in [1.29, 1.82) is 0 Å². The van der Waals surface area contributed by atoms with Gasteiger partial charge in [-0.3, -0.25) is 0 Å². The zero-order valence-corrected chi connectivity index (χ0v) is 20.4. The molecular formula is C27H28F3N5O2. The summed E-state index contributed by atoms with van der Waals surface area (Å²) < 4.78 is 41.2. The maximum atomic E-state index is 13.1. The number of nitrogens with zero attached hydrogens (tertiary/aromatic N) is 4. The molecule has 2 aromatic carbocycles. The molecule has 37 heavy (non-hydrogen) atoms. The third-order valence-corrected chi connectivity index (χ3v) is 6.97. The number of amidine groups is 1. The van der Waals surface area contributed by atoms with Crippen LogP contribution in [0.2, 0.25) is 0 Å². The summed E-state index contributed by atoms with van der Waals surface area (Å²) in [6.07, 6.45) is -1.38. The number of carbonyl (C=O) groups is 1. The van der Waals surface area contributed by atoms with Gasteiger partial charge in [0.05, 0.1) is 5.56 Å². The van der Waals surface area contributed by atoms with Gasteiger partial charge in [0, 0.05) is 18.7 Å². The second-order valence-electron chi connectivity index (χ2n) is 9.59. The highest BCUT2D eigenvalue weighted by atomic mass is 19.4. The average molecular weight is 512 g/mol. The third-order valence-electron chi connectivity index (χ3n) is 6.97. The van der Waals surface area contributed by atoms with Crippen LogP contribution >= 0.6 is 0 Å². The fourth-order valence-corrected chi connectivity index (χ4v) is 4.71. The number of carboxylic acids is 1. The lowest BCUT2D eigenvalue weighted by Crippen LogP contribution is -2.46. The fraction of sp³-hybridized carbons (Fsp3) is 0.370. The molecule has 194 valence electrons. The normalized spacial score (nSPS) is 17.5. The Morgan fingerprint density at radius 1 is 1.14 bits per heavy atom. The van der Waals surface area contributed by atoms with Crippen LogP contribution in [0.3, 0.4) is 0 Å². The summed E-state index contributed by atoms with van der Waals surface area (Å²) in [5.41, 5.74) is 9.01. The zero-order chi connectivity index (χ0) is 26.3. The maximum Gasteiger partial charge on any atom is 0.416 e. The first-order valence-electron chi connectivity index (χ1n) is 12.4. The van der Waals surface area contributed by atoms with Gasteiger partial charge in [0.2, 0.25) is 5.84 Å². The van der Waals surface area contributed by atoms with Gasteiger partial charge >= 0.3 is 12.1 Å². The molecule has 1 saturated carbocycles. The predicted octanol–water partition coefficient (Wildman–Crippen LogP) is 5.37. The maximum absolute atomic E-state index is 13.1. The first kappa shape index (κ1) is 25.0. The number of nitrogens with two attached hydrogens (primary N) is 1. The molecule has 1 fully saturated rings. The van der Waals surface area contributed by atoms with Crippen LogP contribution in [0.1, 0.15) is 54.7 Å². The first-order chi connectivity index (χ1) is 17.7. The molecule has 5 rings (SSSR count). The number of halogens is 3. The number of aliphatic imine (C=N–C) groups is 1. The Morgan fingerprint density at radius 3 is 2.49 bits per heavy atom. The van der Waals surface area contributed by atoms with Gasteiger partial charge in [-0.1, -0.05) is 50.1 Å². The van der Waals surface area contributed by atoms with Crippen molar-refractivity contribution < 1.29 is 23.1 Å². The van der Waals surface area contributed by atoms with Crippen LogP contribution in [0.4, 0.5) is 19.0 Å². The molecule has 3 N–H and O–H groups in total. The smallest absolute Gasteiger partial charge is 0.416 e. The summed E-state index contributed by atoms with van der Waals surface area (Å²) in [6.45, 7) is 2.69. The Labute approximate surface area is 212 Å². The first-order valence-corrected chi connectivity index (χ1v) is 12.4. The molecular weight excluding hydrogens is 483 g/mol. The van der Waals surface area contributed by atoms with Gasteiger partial charge in [-0.05, 0) is 48.1 Å². The number of aryl methyl sites for hydroxylation is 1. The molecule has 0 amide bonds. The average Bonchev–Trinajstić information content (AvgIpc) is 3.63. The minimum Gasteiger partial charge on any atom is -0.475 e. The Kier molecular flexibility index (Phi) is 6.53. The number of imidazole rings is 1. The number of carboxylic acid groups (broad SMARTS) is 1. The van der Waals surface area contributed by atoms with E-state index in [4.69, 9.17) is 10.7 Å². The van der Waals surface area contributed by atoms with Gasteiger partial charge in [-0.2, -0.15) is 13.2 Å². The lowest BCUT2D eigenvalue weighted by molar-refractivity contribution is -0.137. The van der Waals surface area contributed by atoms with Crippen molar-refractivity contribution in [2.75, 3.05) is 6.54 Å². The largest absolute Gasteiger partial charge is 0.475 e. The minimum atomic E-state index is -4.43. The van der Waals surface area contributed by atoms with E-state index in [0.717, 1.165) is 48.9 Å². The molecule has 1 aliphatic carbocycles. The monoisotopic (exact) mass is 511 g/mol. The van der Waals surface area contributed by atoms with Crippen molar-refractivity contribution in [3.63, 3.8) is 0 Å². The van der Waals surface area contributed by atoms with Crippen molar-refractivity contribution in [2.45, 2.75) is 51.5 Å². The second kappa shape index (κ2) is 9.66. The molecule has 0 saturated heterocycles. The third kappa shape index (κ3) is 5.11. The Bertz CT molecular complexity index is 1340. The highest BCUT2D eigenvalue weighted by molar-refractivity contribution is 6.35. The van der Waals surface area contributed by atoms with Crippen LogP contribution < -0.4 is 5.73 Å². The van der Waals surface area contributed by atoms with E-state index in [-0.39, 0.29) is 18.2 Å². The van der Waals surface area contributed by atoms with Crippen LogP contribution in [0.15, 0.2) is 53.5 Å². The lowest BCUT2D eigenvalue weighted by Gasteiger charge is -2.33. The van der Waals surface area contributed by atoms with Crippen molar-refractivity contribution in [2.24, 2.45) is 16.6 Å². The van der Waals surface area contributed by atoms with Crippen LogP contribution in [-0.2, 0) is 23.9 Å². The zero-order valence-electron chi connectivity index (χ0n) is 20.4. The van der Waals surface area contributed by atoms with Crippen LogP contribution in [-0.4, -0.2) is 37.9 Å². The number of fused-ring (bicyclic) bond motifs is 1. The molecule has 0 spiro atoms. The Hall–Kier alpha value is -3.66. The van der Waals surface area contributed by atoms with E-state index in [1.54, 1.807) is 4.90 Å². The van der Waals surface area contributed by atoms with Crippen molar-refractivity contribution in [3.8, 4) is 11.4 Å². The van der Waals surface area contributed by atoms with E-state index in [2.05, 4.69) is 4.99 Å². The molecule has 1 unspecified atom stereocenters. The number of aromatic nitrogens is 2. The predicted molar refractivity (Wildman–Crippen MR) is 133 cm³/mol. The minimum absolute atomic E-state index is 0.145. The number of benzene rings is 2. The fourth-order valence-electron chi connectivity index (χ4n) is 4.71. The number of hydrogen-bond donors (Lipinski definition) is 2. The molecule has 10 heteroatoms. The van der Waals surface area contributed by atoms with E-state index in [9.17, 15) is 23.1 Å². The standard InChI is InChI=1S/C27H28F3N5O2/c1-2-16-4-3-5-19(14-16)24-32-23-21(35(24)15-18-8-10-20(11-9-18)27(28,29)30)22(31)34(13-12-17-6-7-17)25(33-23)26(36)37/h3-5,8-11,14,17,22H,2,6-7,12-13,15,31H2,1H3,(H,36,37). The number of alkyl halides is 3. The summed E-state index contributed by atoms with van der Waals surface area (Å²) in [5, 5.41) is 9.87. The lowest BCUT2D eigenvalue weighted by atomic mass is 10.1. The Morgan fingerprint density at radius 2 is 1.86 bits per heavy atom. The molecule has 3 aromatic rings.